The predicted octanol–water partition coefficient (Wildman–Crippen LogP) is 3.76. The van der Waals surface area contributed by atoms with Crippen LogP contribution in [0, 0.1) is 5.41 Å². The third-order valence-corrected chi connectivity index (χ3v) is 5.40. The minimum atomic E-state index is -0.0835. The zero-order chi connectivity index (χ0) is 20.5. The topological polar surface area (TPSA) is 73.0 Å². The van der Waals surface area contributed by atoms with Gasteiger partial charge in [0.15, 0.2) is 5.49 Å². The lowest BCUT2D eigenvalue weighted by molar-refractivity contribution is -0.147. The maximum atomic E-state index is 11.9. The lowest BCUT2D eigenvalue weighted by Crippen LogP contribution is -2.34. The highest BCUT2D eigenvalue weighted by Crippen LogP contribution is 2.46. The number of hydrogen-bond donors (Lipinski definition) is 1. The average molecular weight is 399 g/mol. The molecule has 6 nitrogen and oxygen atoms in total. The number of ether oxygens (including phenoxy) is 2. The molecule has 1 heterocycles. The zero-order valence-corrected chi connectivity index (χ0v) is 17.0. The first-order chi connectivity index (χ1) is 14.1. The standard InChI is InChI=1S/C23H30N2O4/c1-2-28-22(26)18-23(12-5-13-23)17-19-8-10-20(11-9-19)29-16-6-14-24-21-7-3-4-15-25(21)27/h3-4,7-11,15,27H,2,5-6,12-14,16-18H2,1H3. The molecule has 0 spiro atoms. The minimum Gasteiger partial charge on any atom is -0.494 e. The van der Waals surface area contributed by atoms with Crippen molar-refractivity contribution in [2.24, 2.45) is 10.4 Å². The van der Waals surface area contributed by atoms with Gasteiger partial charge in [0.25, 0.3) is 0 Å². The van der Waals surface area contributed by atoms with Crippen LogP contribution in [0.15, 0.2) is 53.7 Å². The quantitative estimate of drug-likeness (QED) is 0.376. The van der Waals surface area contributed by atoms with E-state index in [2.05, 4.69) is 17.1 Å². The van der Waals surface area contributed by atoms with Crippen LogP contribution in [0.4, 0.5) is 0 Å². The molecule has 6 heteroatoms. The summed E-state index contributed by atoms with van der Waals surface area (Å²) in [4.78, 5) is 16.3. The Balaban J connectivity index is 1.44. The van der Waals surface area contributed by atoms with Crippen molar-refractivity contribution in [3.05, 3.63) is 59.7 Å². The Hall–Kier alpha value is -2.76. The second-order valence-electron chi connectivity index (χ2n) is 7.64. The molecular weight excluding hydrogens is 368 g/mol. The van der Waals surface area contributed by atoms with Gasteiger partial charge in [-0.1, -0.05) is 24.6 Å². The van der Waals surface area contributed by atoms with E-state index in [0.717, 1.165) is 36.2 Å². The van der Waals surface area contributed by atoms with Crippen molar-refractivity contribution >= 4 is 5.97 Å². The van der Waals surface area contributed by atoms with Crippen LogP contribution in [0.2, 0.25) is 0 Å². The fourth-order valence-electron chi connectivity index (χ4n) is 3.75. The normalized spacial score (nSPS) is 15.6. The van der Waals surface area contributed by atoms with Gasteiger partial charge in [0, 0.05) is 19.2 Å². The van der Waals surface area contributed by atoms with Crippen LogP contribution in [0.1, 0.15) is 44.6 Å². The lowest BCUT2D eigenvalue weighted by atomic mass is 9.63. The highest BCUT2D eigenvalue weighted by atomic mass is 16.5. The fourth-order valence-corrected chi connectivity index (χ4v) is 3.75. The molecule has 1 aliphatic carbocycles. The summed E-state index contributed by atoms with van der Waals surface area (Å²) in [5, 5.41) is 9.61. The van der Waals surface area contributed by atoms with Gasteiger partial charge in [-0.25, -0.2) is 0 Å². The van der Waals surface area contributed by atoms with E-state index in [4.69, 9.17) is 9.47 Å². The van der Waals surface area contributed by atoms with E-state index in [1.165, 1.54) is 12.0 Å². The summed E-state index contributed by atoms with van der Waals surface area (Å²) >= 11 is 0. The number of esters is 1. The highest BCUT2D eigenvalue weighted by Gasteiger charge is 2.39. The van der Waals surface area contributed by atoms with Gasteiger partial charge in [-0.15, -0.1) is 0 Å². The molecule has 0 aliphatic heterocycles. The van der Waals surface area contributed by atoms with Crippen LogP contribution >= 0.6 is 0 Å². The van der Waals surface area contributed by atoms with E-state index in [0.29, 0.717) is 31.7 Å². The maximum Gasteiger partial charge on any atom is 0.306 e. The van der Waals surface area contributed by atoms with E-state index in [1.807, 2.05) is 25.1 Å². The molecular formula is C23H30N2O4. The van der Waals surface area contributed by atoms with Crippen LogP contribution in [-0.4, -0.2) is 35.7 Å². The van der Waals surface area contributed by atoms with E-state index >= 15 is 0 Å². The Morgan fingerprint density at radius 3 is 2.66 bits per heavy atom. The van der Waals surface area contributed by atoms with Crippen LogP contribution in [0.25, 0.3) is 0 Å². The number of benzene rings is 1. The molecule has 3 rings (SSSR count). The van der Waals surface area contributed by atoms with Gasteiger partial charge in [-0.3, -0.25) is 9.79 Å². The molecule has 1 aliphatic rings. The molecule has 0 atom stereocenters. The monoisotopic (exact) mass is 398 g/mol. The Bertz CT molecular complexity index is 854. The van der Waals surface area contributed by atoms with Crippen molar-refractivity contribution in [2.45, 2.75) is 45.4 Å². The largest absolute Gasteiger partial charge is 0.494 e. The van der Waals surface area contributed by atoms with Crippen molar-refractivity contribution in [3.8, 4) is 5.75 Å². The summed E-state index contributed by atoms with van der Waals surface area (Å²) in [5.41, 5.74) is 1.83. The Morgan fingerprint density at radius 2 is 2.00 bits per heavy atom. The lowest BCUT2D eigenvalue weighted by Gasteiger charge is -2.41. The molecule has 0 saturated heterocycles. The molecule has 1 saturated carbocycles. The molecule has 156 valence electrons. The van der Waals surface area contributed by atoms with Crippen molar-refractivity contribution in [1.29, 1.82) is 0 Å². The zero-order valence-electron chi connectivity index (χ0n) is 17.0. The van der Waals surface area contributed by atoms with Gasteiger partial charge in [-0.05, 0) is 61.4 Å². The SMILES string of the molecule is CCOC(=O)CC1(Cc2ccc(OCCCN=c3ccccn3O)cc2)CCC1. The van der Waals surface area contributed by atoms with E-state index in [-0.39, 0.29) is 11.4 Å². The predicted molar refractivity (Wildman–Crippen MR) is 110 cm³/mol. The number of aromatic nitrogens is 1. The van der Waals surface area contributed by atoms with E-state index < -0.39 is 0 Å². The van der Waals surface area contributed by atoms with Crippen molar-refractivity contribution in [1.82, 2.24) is 4.73 Å². The minimum absolute atomic E-state index is 0.0666. The van der Waals surface area contributed by atoms with E-state index in [9.17, 15) is 10.0 Å². The highest BCUT2D eigenvalue weighted by molar-refractivity contribution is 5.70. The fraction of sp³-hybridized carbons (Fsp3) is 0.478. The smallest absolute Gasteiger partial charge is 0.306 e. The molecule has 0 amide bonds. The number of hydrogen-bond acceptors (Lipinski definition) is 5. The second-order valence-corrected chi connectivity index (χ2v) is 7.64. The molecule has 29 heavy (non-hydrogen) atoms. The van der Waals surface area contributed by atoms with E-state index in [1.54, 1.807) is 18.3 Å². The van der Waals surface area contributed by atoms with Crippen LogP contribution in [-0.2, 0) is 16.0 Å². The van der Waals surface area contributed by atoms with Crippen molar-refractivity contribution in [3.63, 3.8) is 0 Å². The number of pyridine rings is 1. The summed E-state index contributed by atoms with van der Waals surface area (Å²) in [6.07, 6.45) is 7.09. The molecule has 2 aromatic rings. The Kier molecular flexibility index (Phi) is 7.33. The van der Waals surface area contributed by atoms with Gasteiger partial charge in [0.05, 0.1) is 19.6 Å². The number of rotatable bonds is 10. The van der Waals surface area contributed by atoms with Crippen LogP contribution in [0.5, 0.6) is 5.75 Å². The molecule has 1 fully saturated rings. The summed E-state index contributed by atoms with van der Waals surface area (Å²) in [7, 11) is 0. The third-order valence-electron chi connectivity index (χ3n) is 5.40. The molecule has 1 aromatic carbocycles. The summed E-state index contributed by atoms with van der Waals surface area (Å²) in [6.45, 7) is 3.44. The first-order valence-electron chi connectivity index (χ1n) is 10.3. The number of carbonyl (C=O) groups excluding carboxylic acids is 1. The third kappa shape index (κ3) is 6.11. The van der Waals surface area contributed by atoms with Gasteiger partial charge in [0.2, 0.25) is 0 Å². The molecule has 0 radical (unpaired) electrons. The summed E-state index contributed by atoms with van der Waals surface area (Å²) in [5.74, 6) is 0.749. The Labute approximate surface area is 171 Å². The molecule has 0 bridgehead atoms. The maximum absolute atomic E-state index is 11.9. The van der Waals surface area contributed by atoms with Crippen molar-refractivity contribution < 1.29 is 19.5 Å². The second kappa shape index (κ2) is 10.1. The first kappa shape index (κ1) is 21.0. The van der Waals surface area contributed by atoms with Crippen molar-refractivity contribution in [2.75, 3.05) is 19.8 Å². The van der Waals surface area contributed by atoms with Gasteiger partial charge in [0.1, 0.15) is 5.75 Å². The average Bonchev–Trinajstić information content (AvgIpc) is 2.69. The van der Waals surface area contributed by atoms with Crippen LogP contribution in [0.3, 0.4) is 0 Å². The number of nitrogens with zero attached hydrogens (tertiary/aromatic N) is 2. The Morgan fingerprint density at radius 1 is 1.21 bits per heavy atom. The van der Waals surface area contributed by atoms with Gasteiger partial charge in [-0.2, -0.15) is 4.73 Å². The van der Waals surface area contributed by atoms with Gasteiger partial charge >= 0.3 is 5.97 Å². The van der Waals surface area contributed by atoms with Gasteiger partial charge < -0.3 is 14.7 Å². The molecule has 1 N–H and O–H groups in total. The molecule has 1 aromatic heterocycles. The summed E-state index contributed by atoms with van der Waals surface area (Å²) in [6, 6.07) is 13.5. The number of carbonyl (C=O) groups is 1. The first-order valence-corrected chi connectivity index (χ1v) is 10.3. The summed E-state index contributed by atoms with van der Waals surface area (Å²) < 4.78 is 12.0. The molecule has 0 unspecified atom stereocenters. The van der Waals surface area contributed by atoms with Crippen LogP contribution < -0.4 is 10.2 Å².